The Morgan fingerprint density at radius 3 is 2.68 bits per heavy atom. The topological polar surface area (TPSA) is 26.3 Å². The molecule has 0 aromatic carbocycles. The fraction of sp³-hybridized carbons (Fsp3) is 0.850. The van der Waals surface area contributed by atoms with E-state index >= 15 is 0 Å². The fourth-order valence-corrected chi connectivity index (χ4v) is 6.50. The van der Waals surface area contributed by atoms with Gasteiger partial charge < -0.3 is 4.74 Å². The SMILES string of the molecule is CC(C)COC(=O)CCC1(C)CC2CC1C1C3C=CC(C3)C21. The minimum Gasteiger partial charge on any atom is -0.465 e. The maximum absolute atomic E-state index is 12.0. The lowest BCUT2D eigenvalue weighted by Gasteiger charge is -2.43. The van der Waals surface area contributed by atoms with Crippen LogP contribution in [0.2, 0.25) is 0 Å². The molecule has 0 N–H and O–H groups in total. The van der Waals surface area contributed by atoms with Gasteiger partial charge >= 0.3 is 5.97 Å². The Balaban J connectivity index is 1.37. The highest BCUT2D eigenvalue weighted by molar-refractivity contribution is 5.69. The van der Waals surface area contributed by atoms with Gasteiger partial charge in [0, 0.05) is 6.42 Å². The first kappa shape index (κ1) is 14.8. The molecule has 0 amide bonds. The van der Waals surface area contributed by atoms with Crippen LogP contribution in [0.1, 0.15) is 52.9 Å². The average Bonchev–Trinajstić information content (AvgIpc) is 3.20. The summed E-state index contributed by atoms with van der Waals surface area (Å²) in [7, 11) is 0. The Bertz CT molecular complexity index is 494. The second-order valence-corrected chi connectivity index (χ2v) is 9.14. The zero-order chi connectivity index (χ0) is 15.5. The highest BCUT2D eigenvalue weighted by Gasteiger charge is 2.64. The predicted molar refractivity (Wildman–Crippen MR) is 87.1 cm³/mol. The summed E-state index contributed by atoms with van der Waals surface area (Å²) in [6, 6.07) is 0. The Kier molecular flexibility index (Phi) is 3.43. The molecular formula is C20H30O2. The van der Waals surface area contributed by atoms with Gasteiger partial charge in [-0.15, -0.1) is 0 Å². The van der Waals surface area contributed by atoms with Crippen LogP contribution in [0.15, 0.2) is 12.2 Å². The van der Waals surface area contributed by atoms with Crippen molar-refractivity contribution in [2.75, 3.05) is 6.61 Å². The molecule has 0 heterocycles. The van der Waals surface area contributed by atoms with E-state index in [0.29, 0.717) is 24.4 Å². The number of hydrogen-bond acceptors (Lipinski definition) is 2. The summed E-state index contributed by atoms with van der Waals surface area (Å²) in [6.45, 7) is 7.21. The zero-order valence-electron chi connectivity index (χ0n) is 14.3. The summed E-state index contributed by atoms with van der Waals surface area (Å²) in [5, 5.41) is 0. The highest BCUT2D eigenvalue weighted by atomic mass is 16.5. The number of hydrogen-bond donors (Lipinski definition) is 0. The molecule has 4 aliphatic carbocycles. The molecule has 0 aliphatic heterocycles. The summed E-state index contributed by atoms with van der Waals surface area (Å²) in [5.41, 5.74) is 0.390. The van der Waals surface area contributed by atoms with E-state index in [0.717, 1.165) is 41.9 Å². The minimum absolute atomic E-state index is 0.0158. The number of carbonyl (C=O) groups excluding carboxylic acids is 1. The highest BCUT2D eigenvalue weighted by Crippen LogP contribution is 2.71. The van der Waals surface area contributed by atoms with Crippen LogP contribution >= 0.6 is 0 Å². The van der Waals surface area contributed by atoms with Gasteiger partial charge in [-0.05, 0) is 72.5 Å². The van der Waals surface area contributed by atoms with Crippen molar-refractivity contribution < 1.29 is 9.53 Å². The van der Waals surface area contributed by atoms with E-state index in [-0.39, 0.29) is 5.97 Å². The lowest BCUT2D eigenvalue weighted by Crippen LogP contribution is -2.37. The van der Waals surface area contributed by atoms with Crippen LogP contribution in [0.4, 0.5) is 0 Å². The van der Waals surface area contributed by atoms with Gasteiger partial charge in [-0.25, -0.2) is 0 Å². The number of fused-ring (bicyclic) bond motifs is 9. The summed E-state index contributed by atoms with van der Waals surface area (Å²) in [4.78, 5) is 12.0. The lowest BCUT2D eigenvalue weighted by atomic mass is 9.61. The Morgan fingerprint density at radius 2 is 1.95 bits per heavy atom. The summed E-state index contributed by atoms with van der Waals surface area (Å²) in [6.07, 6.45) is 10.9. The van der Waals surface area contributed by atoms with Crippen molar-refractivity contribution >= 4 is 5.97 Å². The van der Waals surface area contributed by atoms with Gasteiger partial charge in [0.15, 0.2) is 0 Å². The maximum atomic E-state index is 12.0. The first-order valence-electron chi connectivity index (χ1n) is 9.32. The van der Waals surface area contributed by atoms with E-state index in [4.69, 9.17) is 4.74 Å². The van der Waals surface area contributed by atoms with Crippen LogP contribution < -0.4 is 0 Å². The van der Waals surface area contributed by atoms with Crippen molar-refractivity contribution in [3.05, 3.63) is 12.2 Å². The van der Waals surface area contributed by atoms with Crippen LogP contribution in [0.3, 0.4) is 0 Å². The van der Waals surface area contributed by atoms with Gasteiger partial charge in [-0.1, -0.05) is 32.9 Å². The van der Waals surface area contributed by atoms with E-state index in [1.807, 2.05) is 0 Å². The number of carbonyl (C=O) groups is 1. The molecule has 0 saturated heterocycles. The molecule has 2 heteroatoms. The van der Waals surface area contributed by atoms with Crippen molar-refractivity contribution in [1.29, 1.82) is 0 Å². The smallest absolute Gasteiger partial charge is 0.305 e. The second-order valence-electron chi connectivity index (χ2n) is 9.14. The number of esters is 1. The molecule has 22 heavy (non-hydrogen) atoms. The number of rotatable bonds is 5. The monoisotopic (exact) mass is 302 g/mol. The molecule has 0 radical (unpaired) electrons. The van der Waals surface area contributed by atoms with Gasteiger partial charge in [0.1, 0.15) is 0 Å². The molecule has 0 spiro atoms. The van der Waals surface area contributed by atoms with E-state index in [1.54, 1.807) is 0 Å². The summed E-state index contributed by atoms with van der Waals surface area (Å²) in [5.74, 6) is 5.92. The molecule has 3 fully saturated rings. The molecule has 2 nitrogen and oxygen atoms in total. The van der Waals surface area contributed by atoms with E-state index in [9.17, 15) is 4.79 Å². The van der Waals surface area contributed by atoms with E-state index in [1.165, 1.54) is 19.3 Å². The van der Waals surface area contributed by atoms with Gasteiger partial charge in [-0.3, -0.25) is 4.79 Å². The number of ether oxygens (including phenoxy) is 1. The minimum atomic E-state index is 0.0158. The van der Waals surface area contributed by atoms with Gasteiger partial charge in [0.25, 0.3) is 0 Å². The molecule has 7 unspecified atom stereocenters. The zero-order valence-corrected chi connectivity index (χ0v) is 14.3. The molecule has 0 aromatic rings. The van der Waals surface area contributed by atoms with E-state index in [2.05, 4.69) is 32.9 Å². The first-order valence-corrected chi connectivity index (χ1v) is 9.32. The van der Waals surface area contributed by atoms with Crippen molar-refractivity contribution in [3.8, 4) is 0 Å². The lowest BCUT2D eigenvalue weighted by molar-refractivity contribution is -0.145. The second kappa shape index (κ2) is 5.11. The molecule has 4 aliphatic rings. The normalized spacial score (nSPS) is 47.5. The van der Waals surface area contributed by atoms with Crippen LogP contribution in [0, 0.1) is 46.8 Å². The number of allylic oxidation sites excluding steroid dienone is 2. The van der Waals surface area contributed by atoms with Crippen LogP contribution in [0.25, 0.3) is 0 Å². The molecule has 4 rings (SSSR count). The third-order valence-corrected chi connectivity index (χ3v) is 7.25. The molecule has 4 bridgehead atoms. The fourth-order valence-electron chi connectivity index (χ4n) is 6.50. The summed E-state index contributed by atoms with van der Waals surface area (Å²) >= 11 is 0. The maximum Gasteiger partial charge on any atom is 0.305 e. The quantitative estimate of drug-likeness (QED) is 0.426. The largest absolute Gasteiger partial charge is 0.465 e. The average molecular weight is 302 g/mol. The van der Waals surface area contributed by atoms with Gasteiger partial charge in [0.05, 0.1) is 6.61 Å². The van der Waals surface area contributed by atoms with E-state index < -0.39 is 0 Å². The molecule has 0 aromatic heterocycles. The predicted octanol–water partition coefficient (Wildman–Crippen LogP) is 4.45. The van der Waals surface area contributed by atoms with Crippen LogP contribution in [-0.4, -0.2) is 12.6 Å². The molecule has 3 saturated carbocycles. The third kappa shape index (κ3) is 2.17. The van der Waals surface area contributed by atoms with Crippen molar-refractivity contribution in [2.24, 2.45) is 46.8 Å². The van der Waals surface area contributed by atoms with Crippen molar-refractivity contribution in [2.45, 2.75) is 52.9 Å². The third-order valence-electron chi connectivity index (χ3n) is 7.25. The first-order chi connectivity index (χ1) is 10.5. The van der Waals surface area contributed by atoms with Crippen LogP contribution in [-0.2, 0) is 9.53 Å². The van der Waals surface area contributed by atoms with Crippen molar-refractivity contribution in [3.63, 3.8) is 0 Å². The Morgan fingerprint density at radius 1 is 1.23 bits per heavy atom. The molecular weight excluding hydrogens is 272 g/mol. The van der Waals surface area contributed by atoms with Crippen molar-refractivity contribution in [1.82, 2.24) is 0 Å². The molecule has 122 valence electrons. The molecule has 7 atom stereocenters. The Hall–Kier alpha value is -0.790. The van der Waals surface area contributed by atoms with Gasteiger partial charge in [0.2, 0.25) is 0 Å². The summed E-state index contributed by atoms with van der Waals surface area (Å²) < 4.78 is 5.37. The van der Waals surface area contributed by atoms with Crippen LogP contribution in [0.5, 0.6) is 0 Å². The standard InChI is InChI=1S/C20H30O2/c1-12(2)11-22-17(21)6-7-20(3)10-15-9-16(20)19-14-5-4-13(8-14)18(15)19/h4-5,12-16,18-19H,6-11H2,1-3H3. The van der Waals surface area contributed by atoms with Gasteiger partial charge in [-0.2, -0.15) is 0 Å². The Labute approximate surface area is 134 Å².